The standard InChI is InChI=1S/C29H17N3/c1-2-8-18(9-3-1)21-15-23-22-14-19-10-4-5-11-20(19)16-26(22)32-28(23)27(17-21)31-25-13-7-6-12-24(25)30-29(31)32/h1-17H. The number of hydrogen-bond acceptors (Lipinski definition) is 1. The molecule has 0 fully saturated rings. The molecule has 0 bridgehead atoms. The predicted octanol–water partition coefficient (Wildman–Crippen LogP) is 7.30. The first-order valence-corrected chi connectivity index (χ1v) is 10.9. The van der Waals surface area contributed by atoms with Crippen molar-refractivity contribution in [3.63, 3.8) is 0 Å². The van der Waals surface area contributed by atoms with Gasteiger partial charge in [0.25, 0.3) is 0 Å². The van der Waals surface area contributed by atoms with Crippen molar-refractivity contribution < 1.29 is 0 Å². The number of para-hydroxylation sites is 2. The molecule has 0 aliphatic heterocycles. The van der Waals surface area contributed by atoms with E-state index in [-0.39, 0.29) is 0 Å². The van der Waals surface area contributed by atoms with Gasteiger partial charge in [0.2, 0.25) is 5.78 Å². The molecule has 3 heterocycles. The van der Waals surface area contributed by atoms with Crippen LogP contribution in [0.15, 0.2) is 103 Å². The van der Waals surface area contributed by atoms with E-state index in [1.165, 1.54) is 49.2 Å². The predicted molar refractivity (Wildman–Crippen MR) is 133 cm³/mol. The van der Waals surface area contributed by atoms with E-state index >= 15 is 0 Å². The van der Waals surface area contributed by atoms with Crippen molar-refractivity contribution in [2.45, 2.75) is 0 Å². The summed E-state index contributed by atoms with van der Waals surface area (Å²) in [4.78, 5) is 5.06. The van der Waals surface area contributed by atoms with Crippen molar-refractivity contribution in [2.75, 3.05) is 0 Å². The fourth-order valence-corrected chi connectivity index (χ4v) is 5.39. The van der Waals surface area contributed by atoms with Crippen LogP contribution >= 0.6 is 0 Å². The Balaban J connectivity index is 1.68. The highest BCUT2D eigenvalue weighted by molar-refractivity contribution is 6.19. The molecule has 0 spiro atoms. The molecule has 0 unspecified atom stereocenters. The van der Waals surface area contributed by atoms with Crippen molar-refractivity contribution in [2.24, 2.45) is 0 Å². The Hall–Kier alpha value is -4.37. The SMILES string of the molecule is c1ccc(-c2cc3c4cc5ccccc5cc4n4c3c(c2)n2c3ccccc3nc24)cc1. The highest BCUT2D eigenvalue weighted by atomic mass is 15.2. The lowest BCUT2D eigenvalue weighted by Gasteiger charge is -2.04. The van der Waals surface area contributed by atoms with Gasteiger partial charge < -0.3 is 0 Å². The first-order chi connectivity index (χ1) is 15.9. The molecule has 3 nitrogen and oxygen atoms in total. The van der Waals surface area contributed by atoms with Gasteiger partial charge >= 0.3 is 0 Å². The van der Waals surface area contributed by atoms with Crippen LogP contribution in [0.5, 0.6) is 0 Å². The quantitative estimate of drug-likeness (QED) is 0.280. The van der Waals surface area contributed by atoms with Crippen molar-refractivity contribution in [3.05, 3.63) is 103 Å². The van der Waals surface area contributed by atoms with Crippen LogP contribution in [0.3, 0.4) is 0 Å². The number of benzene rings is 5. The van der Waals surface area contributed by atoms with Crippen LogP contribution in [0.2, 0.25) is 0 Å². The molecule has 0 atom stereocenters. The summed E-state index contributed by atoms with van der Waals surface area (Å²) in [6, 6.07) is 37.0. The van der Waals surface area contributed by atoms with Crippen molar-refractivity contribution >= 4 is 54.9 Å². The Labute approximate surface area is 183 Å². The molecule has 3 aromatic heterocycles. The van der Waals surface area contributed by atoms with Crippen LogP contribution in [-0.4, -0.2) is 13.8 Å². The van der Waals surface area contributed by atoms with Gasteiger partial charge in [0, 0.05) is 10.8 Å². The first-order valence-electron chi connectivity index (χ1n) is 10.9. The van der Waals surface area contributed by atoms with E-state index in [4.69, 9.17) is 4.98 Å². The summed E-state index contributed by atoms with van der Waals surface area (Å²) >= 11 is 0. The fraction of sp³-hybridized carbons (Fsp3) is 0. The molecule has 0 aliphatic rings. The second kappa shape index (κ2) is 5.65. The first kappa shape index (κ1) is 16.3. The summed E-state index contributed by atoms with van der Waals surface area (Å²) in [6.45, 7) is 0. The second-order valence-corrected chi connectivity index (χ2v) is 8.55. The second-order valence-electron chi connectivity index (χ2n) is 8.55. The Bertz CT molecular complexity index is 1970. The molecule has 0 amide bonds. The number of nitrogens with zero attached hydrogens (tertiary/aromatic N) is 3. The van der Waals surface area contributed by atoms with Crippen LogP contribution in [0.1, 0.15) is 0 Å². The van der Waals surface area contributed by atoms with Gasteiger partial charge in [-0.15, -0.1) is 0 Å². The molecule has 8 rings (SSSR count). The molecule has 0 saturated carbocycles. The monoisotopic (exact) mass is 407 g/mol. The molecule has 0 N–H and O–H groups in total. The van der Waals surface area contributed by atoms with E-state index in [1.807, 2.05) is 0 Å². The molecule has 32 heavy (non-hydrogen) atoms. The topological polar surface area (TPSA) is 21.7 Å². The Morgan fingerprint density at radius 3 is 2.12 bits per heavy atom. The van der Waals surface area contributed by atoms with E-state index in [1.54, 1.807) is 0 Å². The average Bonchev–Trinajstić information content (AvgIpc) is 3.48. The van der Waals surface area contributed by atoms with Gasteiger partial charge in [0.1, 0.15) is 0 Å². The van der Waals surface area contributed by atoms with Crippen LogP contribution in [0, 0.1) is 0 Å². The van der Waals surface area contributed by atoms with Crippen LogP contribution in [0.4, 0.5) is 0 Å². The number of fused-ring (bicyclic) bond motifs is 9. The lowest BCUT2D eigenvalue weighted by atomic mass is 10.0. The van der Waals surface area contributed by atoms with Gasteiger partial charge in [-0.3, -0.25) is 8.80 Å². The normalized spacial score (nSPS) is 12.4. The Morgan fingerprint density at radius 1 is 0.500 bits per heavy atom. The maximum absolute atomic E-state index is 5.06. The van der Waals surface area contributed by atoms with Gasteiger partial charge in [-0.1, -0.05) is 66.7 Å². The van der Waals surface area contributed by atoms with E-state index in [2.05, 4.69) is 112 Å². The largest absolute Gasteiger partial charge is 0.277 e. The van der Waals surface area contributed by atoms with Gasteiger partial charge in [0.15, 0.2) is 0 Å². The van der Waals surface area contributed by atoms with Gasteiger partial charge in [0.05, 0.1) is 27.6 Å². The van der Waals surface area contributed by atoms with Crippen molar-refractivity contribution in [3.8, 4) is 11.1 Å². The van der Waals surface area contributed by atoms with Gasteiger partial charge in [-0.2, -0.15) is 0 Å². The molecule has 3 heteroatoms. The lowest BCUT2D eigenvalue weighted by molar-refractivity contribution is 1.22. The Kier molecular flexibility index (Phi) is 2.89. The van der Waals surface area contributed by atoms with Gasteiger partial charge in [-0.25, -0.2) is 4.98 Å². The van der Waals surface area contributed by atoms with Gasteiger partial charge in [-0.05, 0) is 58.3 Å². The third-order valence-electron chi connectivity index (χ3n) is 6.80. The smallest absolute Gasteiger partial charge is 0.220 e. The van der Waals surface area contributed by atoms with E-state index in [9.17, 15) is 0 Å². The van der Waals surface area contributed by atoms with Crippen LogP contribution < -0.4 is 0 Å². The molecular formula is C29H17N3. The highest BCUT2D eigenvalue weighted by Crippen LogP contribution is 2.40. The minimum absolute atomic E-state index is 0.974. The number of aromatic nitrogens is 3. The molecule has 0 radical (unpaired) electrons. The fourth-order valence-electron chi connectivity index (χ4n) is 5.39. The molecule has 0 aliphatic carbocycles. The Morgan fingerprint density at radius 2 is 1.25 bits per heavy atom. The summed E-state index contributed by atoms with van der Waals surface area (Å²) in [5.74, 6) is 0.974. The molecular weight excluding hydrogens is 390 g/mol. The number of imidazole rings is 2. The summed E-state index contributed by atoms with van der Waals surface area (Å²) in [6.07, 6.45) is 0. The summed E-state index contributed by atoms with van der Waals surface area (Å²) in [5, 5.41) is 5.06. The summed E-state index contributed by atoms with van der Waals surface area (Å²) in [5.41, 5.74) is 8.27. The molecule has 8 aromatic rings. The van der Waals surface area contributed by atoms with Crippen molar-refractivity contribution in [1.82, 2.24) is 13.8 Å². The van der Waals surface area contributed by atoms with E-state index in [0.29, 0.717) is 0 Å². The summed E-state index contributed by atoms with van der Waals surface area (Å²) < 4.78 is 4.67. The zero-order valence-corrected chi connectivity index (χ0v) is 17.2. The third kappa shape index (κ3) is 1.94. The molecule has 5 aromatic carbocycles. The van der Waals surface area contributed by atoms with Crippen LogP contribution in [0.25, 0.3) is 66.0 Å². The zero-order chi connectivity index (χ0) is 20.8. The maximum atomic E-state index is 5.06. The number of rotatable bonds is 1. The van der Waals surface area contributed by atoms with Crippen LogP contribution in [-0.2, 0) is 0 Å². The maximum Gasteiger partial charge on any atom is 0.220 e. The zero-order valence-electron chi connectivity index (χ0n) is 17.2. The molecule has 148 valence electrons. The van der Waals surface area contributed by atoms with E-state index < -0.39 is 0 Å². The summed E-state index contributed by atoms with van der Waals surface area (Å²) in [7, 11) is 0. The average molecular weight is 407 g/mol. The number of hydrogen-bond donors (Lipinski definition) is 0. The highest BCUT2D eigenvalue weighted by Gasteiger charge is 2.22. The van der Waals surface area contributed by atoms with E-state index in [0.717, 1.165) is 16.8 Å². The minimum Gasteiger partial charge on any atom is -0.277 e. The third-order valence-corrected chi connectivity index (χ3v) is 6.80. The van der Waals surface area contributed by atoms with Crippen molar-refractivity contribution in [1.29, 1.82) is 0 Å². The molecule has 0 saturated heterocycles. The lowest BCUT2D eigenvalue weighted by Crippen LogP contribution is -1.85. The minimum atomic E-state index is 0.974.